The van der Waals surface area contributed by atoms with E-state index < -0.39 is 0 Å². The SMILES string of the molecule is C=C1c2ccccc2-c2ccc3c([nH]c4ccc(-c5ccc(N6c7ccccc7Sc7ccccc76)cc5)cc43)c21. The maximum atomic E-state index is 4.47. The molecule has 0 atom stereocenters. The molecule has 192 valence electrons. The van der Waals surface area contributed by atoms with Crippen molar-refractivity contribution < 1.29 is 0 Å². The van der Waals surface area contributed by atoms with Gasteiger partial charge in [0.15, 0.2) is 0 Å². The molecule has 1 aliphatic heterocycles. The fourth-order valence-corrected chi connectivity index (χ4v) is 7.64. The Balaban J connectivity index is 1.13. The molecule has 7 aromatic rings. The number of para-hydroxylation sites is 2. The van der Waals surface area contributed by atoms with E-state index in [4.69, 9.17) is 0 Å². The van der Waals surface area contributed by atoms with E-state index in [1.165, 1.54) is 70.8 Å². The van der Waals surface area contributed by atoms with Crippen molar-refractivity contribution in [3.63, 3.8) is 0 Å². The van der Waals surface area contributed by atoms with Gasteiger partial charge in [-0.2, -0.15) is 0 Å². The Kier molecular flexibility index (Phi) is 4.73. The van der Waals surface area contributed by atoms with Crippen molar-refractivity contribution in [3.8, 4) is 22.3 Å². The fraction of sp³-hybridized carbons (Fsp3) is 0. The average Bonchev–Trinajstić information content (AvgIpc) is 3.54. The zero-order chi connectivity index (χ0) is 27.1. The highest BCUT2D eigenvalue weighted by atomic mass is 32.2. The van der Waals surface area contributed by atoms with Crippen LogP contribution < -0.4 is 4.90 Å². The summed E-state index contributed by atoms with van der Waals surface area (Å²) >= 11 is 1.84. The second kappa shape index (κ2) is 8.50. The van der Waals surface area contributed by atoms with Crippen molar-refractivity contribution in [1.29, 1.82) is 0 Å². The first-order chi connectivity index (χ1) is 20.2. The number of aromatic nitrogens is 1. The van der Waals surface area contributed by atoms with Crippen molar-refractivity contribution in [2.45, 2.75) is 9.79 Å². The summed E-state index contributed by atoms with van der Waals surface area (Å²) in [4.78, 5) is 8.65. The Morgan fingerprint density at radius 2 is 1.22 bits per heavy atom. The van der Waals surface area contributed by atoms with Gasteiger partial charge in [-0.1, -0.05) is 97.2 Å². The van der Waals surface area contributed by atoms with Crippen LogP contribution >= 0.6 is 11.8 Å². The molecule has 0 saturated carbocycles. The minimum absolute atomic E-state index is 1.10. The summed E-state index contributed by atoms with van der Waals surface area (Å²) in [5.41, 5.74) is 14.4. The molecule has 0 amide bonds. The second-order valence-corrected chi connectivity index (χ2v) is 11.8. The molecule has 1 aliphatic carbocycles. The standard InChI is InChI=1S/C38H24N2S/c1-23-27-8-2-3-9-28(27)29-19-20-30-31-22-25(16-21-32(31)39-38(30)37(23)29)24-14-17-26(18-15-24)40-33-10-4-6-12-35(33)41-36-13-7-5-11-34(36)40/h2-22,39H,1H2. The molecule has 1 aromatic heterocycles. The van der Waals surface area contributed by atoms with Gasteiger partial charge in [0.05, 0.1) is 16.9 Å². The number of hydrogen-bond donors (Lipinski definition) is 1. The molecule has 0 spiro atoms. The minimum atomic E-state index is 1.10. The van der Waals surface area contributed by atoms with Gasteiger partial charge in [0.1, 0.15) is 0 Å². The molecule has 2 heterocycles. The van der Waals surface area contributed by atoms with E-state index in [0.717, 1.165) is 16.8 Å². The van der Waals surface area contributed by atoms with E-state index in [1.807, 2.05) is 11.8 Å². The highest BCUT2D eigenvalue weighted by molar-refractivity contribution is 7.99. The Morgan fingerprint density at radius 1 is 0.561 bits per heavy atom. The Bertz CT molecular complexity index is 2160. The number of anilines is 3. The van der Waals surface area contributed by atoms with E-state index in [1.54, 1.807) is 0 Å². The van der Waals surface area contributed by atoms with Gasteiger partial charge >= 0.3 is 0 Å². The summed E-state index contributed by atoms with van der Waals surface area (Å²) in [6.07, 6.45) is 0. The van der Waals surface area contributed by atoms with Crippen LogP contribution in [0.5, 0.6) is 0 Å². The molecule has 0 fully saturated rings. The first-order valence-corrected chi connectivity index (χ1v) is 14.7. The van der Waals surface area contributed by atoms with Crippen LogP contribution in [0, 0.1) is 0 Å². The largest absolute Gasteiger partial charge is 0.354 e. The quantitative estimate of drug-likeness (QED) is 0.235. The van der Waals surface area contributed by atoms with Gasteiger partial charge in [-0.05, 0) is 81.9 Å². The number of fused-ring (bicyclic) bond motifs is 9. The summed E-state index contributed by atoms with van der Waals surface area (Å²) in [6, 6.07) is 46.1. The predicted molar refractivity (Wildman–Crippen MR) is 174 cm³/mol. The number of H-pyrrole nitrogens is 1. The van der Waals surface area contributed by atoms with Gasteiger partial charge in [0.2, 0.25) is 0 Å². The smallest absolute Gasteiger partial charge is 0.0601 e. The highest BCUT2D eigenvalue weighted by Gasteiger charge is 2.26. The molecular weight excluding hydrogens is 516 g/mol. The van der Waals surface area contributed by atoms with Crippen LogP contribution in [0.3, 0.4) is 0 Å². The summed E-state index contributed by atoms with van der Waals surface area (Å²) in [5, 5.41) is 2.48. The monoisotopic (exact) mass is 540 g/mol. The Morgan fingerprint density at radius 3 is 1.98 bits per heavy atom. The van der Waals surface area contributed by atoms with E-state index in [9.17, 15) is 0 Å². The molecule has 9 rings (SSSR count). The lowest BCUT2D eigenvalue weighted by molar-refractivity contribution is 1.17. The van der Waals surface area contributed by atoms with E-state index >= 15 is 0 Å². The molecule has 41 heavy (non-hydrogen) atoms. The number of benzene rings is 6. The van der Waals surface area contributed by atoms with Crippen molar-refractivity contribution in [3.05, 3.63) is 145 Å². The predicted octanol–water partition coefficient (Wildman–Crippen LogP) is 11.0. The van der Waals surface area contributed by atoms with Gasteiger partial charge in [0, 0.05) is 37.3 Å². The third-order valence-electron chi connectivity index (χ3n) is 8.51. The summed E-state index contributed by atoms with van der Waals surface area (Å²) in [6.45, 7) is 4.47. The van der Waals surface area contributed by atoms with Crippen LogP contribution in [0.15, 0.2) is 144 Å². The van der Waals surface area contributed by atoms with Crippen molar-refractivity contribution in [2.75, 3.05) is 4.90 Å². The highest BCUT2D eigenvalue weighted by Crippen LogP contribution is 2.51. The van der Waals surface area contributed by atoms with Crippen molar-refractivity contribution >= 4 is 56.2 Å². The maximum absolute atomic E-state index is 4.47. The molecule has 0 saturated heterocycles. The number of nitrogens with one attached hydrogen (secondary N) is 1. The molecule has 0 unspecified atom stereocenters. The molecular formula is C38H24N2S. The molecule has 0 bridgehead atoms. The zero-order valence-electron chi connectivity index (χ0n) is 22.2. The minimum Gasteiger partial charge on any atom is -0.354 e. The molecule has 6 aromatic carbocycles. The molecule has 2 aliphatic rings. The van der Waals surface area contributed by atoms with E-state index in [2.05, 4.69) is 144 Å². The van der Waals surface area contributed by atoms with Gasteiger partial charge in [-0.3, -0.25) is 0 Å². The first kappa shape index (κ1) is 22.8. The Hall–Kier alpha value is -4.99. The van der Waals surface area contributed by atoms with Crippen molar-refractivity contribution in [1.82, 2.24) is 4.98 Å². The second-order valence-electron chi connectivity index (χ2n) is 10.7. The lowest BCUT2D eigenvalue weighted by Gasteiger charge is -2.32. The Labute approximate surface area is 242 Å². The number of aromatic amines is 1. The lowest BCUT2D eigenvalue weighted by Crippen LogP contribution is -2.14. The van der Waals surface area contributed by atoms with Gasteiger partial charge in [-0.25, -0.2) is 0 Å². The lowest BCUT2D eigenvalue weighted by atomic mass is 9.99. The third-order valence-corrected chi connectivity index (χ3v) is 9.64. The first-order valence-electron chi connectivity index (χ1n) is 13.9. The number of nitrogens with zero attached hydrogens (tertiary/aromatic N) is 1. The van der Waals surface area contributed by atoms with E-state index in [-0.39, 0.29) is 0 Å². The normalized spacial score (nSPS) is 13.3. The molecule has 3 heteroatoms. The van der Waals surface area contributed by atoms with E-state index in [0.29, 0.717) is 0 Å². The number of rotatable bonds is 2. The topological polar surface area (TPSA) is 19.0 Å². The van der Waals surface area contributed by atoms with Gasteiger partial charge < -0.3 is 9.88 Å². The average molecular weight is 541 g/mol. The third kappa shape index (κ3) is 3.27. The summed E-state index contributed by atoms with van der Waals surface area (Å²) < 4.78 is 0. The molecule has 1 N–H and O–H groups in total. The molecule has 2 nitrogen and oxygen atoms in total. The van der Waals surface area contributed by atoms with Crippen LogP contribution in [0.4, 0.5) is 17.1 Å². The fourth-order valence-electron chi connectivity index (χ4n) is 6.59. The van der Waals surface area contributed by atoms with Crippen LogP contribution in [-0.2, 0) is 0 Å². The van der Waals surface area contributed by atoms with Crippen molar-refractivity contribution in [2.24, 2.45) is 0 Å². The zero-order valence-corrected chi connectivity index (χ0v) is 23.0. The molecule has 0 radical (unpaired) electrons. The number of hydrogen-bond acceptors (Lipinski definition) is 2. The summed E-state index contributed by atoms with van der Waals surface area (Å²) in [5.74, 6) is 0. The van der Waals surface area contributed by atoms with Gasteiger partial charge in [0.25, 0.3) is 0 Å². The van der Waals surface area contributed by atoms with Crippen LogP contribution in [-0.4, -0.2) is 4.98 Å². The van der Waals surface area contributed by atoms with Crippen LogP contribution in [0.2, 0.25) is 0 Å². The summed E-state index contributed by atoms with van der Waals surface area (Å²) in [7, 11) is 0. The van der Waals surface area contributed by atoms with Gasteiger partial charge in [-0.15, -0.1) is 0 Å². The maximum Gasteiger partial charge on any atom is 0.0601 e. The van der Waals surface area contributed by atoms with Crippen LogP contribution in [0.1, 0.15) is 11.1 Å². The van der Waals surface area contributed by atoms with Crippen LogP contribution in [0.25, 0.3) is 49.6 Å².